The molecule has 0 aliphatic carbocycles. The quantitative estimate of drug-likeness (QED) is 0.473. The van der Waals surface area contributed by atoms with Crippen LogP contribution < -0.4 is 10.6 Å². The van der Waals surface area contributed by atoms with Gasteiger partial charge in [0.1, 0.15) is 5.82 Å². The van der Waals surface area contributed by atoms with Crippen LogP contribution in [0.2, 0.25) is 0 Å². The van der Waals surface area contributed by atoms with E-state index in [1.807, 2.05) is 0 Å². The minimum atomic E-state index is -4.94. The summed E-state index contributed by atoms with van der Waals surface area (Å²) in [6, 6.07) is 11.1. The maximum atomic E-state index is 13.5. The standard InChI is InChI=1S/C21H16F4N4O3/c22-14-6-4-12(5-7-14)10-26-19(32)16-11-27-20(29-18(16)21(23,24)25)28-15-3-1-2-13(8-15)9-17(30)31/h1-8,11H,9-10H2,(H,26,32)(H,30,31)(H,27,28,29). The molecule has 1 heterocycles. The van der Waals surface area contributed by atoms with Gasteiger partial charge in [0.05, 0.1) is 12.0 Å². The Bertz CT molecular complexity index is 1130. The Labute approximate surface area is 179 Å². The third kappa shape index (κ3) is 6.00. The second kappa shape index (κ2) is 9.41. The van der Waals surface area contributed by atoms with Gasteiger partial charge in [-0.2, -0.15) is 13.2 Å². The lowest BCUT2D eigenvalue weighted by atomic mass is 10.1. The number of nitrogens with one attached hydrogen (secondary N) is 2. The Hall–Kier alpha value is -4.02. The first kappa shape index (κ1) is 22.7. The van der Waals surface area contributed by atoms with Gasteiger partial charge >= 0.3 is 12.1 Å². The van der Waals surface area contributed by atoms with E-state index in [1.165, 1.54) is 30.3 Å². The Balaban J connectivity index is 1.80. The largest absolute Gasteiger partial charge is 0.481 e. The summed E-state index contributed by atoms with van der Waals surface area (Å²) in [7, 11) is 0. The van der Waals surface area contributed by atoms with E-state index in [0.717, 1.165) is 18.3 Å². The molecule has 3 N–H and O–H groups in total. The molecule has 3 aromatic rings. The highest BCUT2D eigenvalue weighted by Gasteiger charge is 2.38. The van der Waals surface area contributed by atoms with Crippen molar-refractivity contribution in [1.82, 2.24) is 15.3 Å². The number of amides is 1. The number of rotatable bonds is 7. The summed E-state index contributed by atoms with van der Waals surface area (Å²) in [5.41, 5.74) is -1.01. The molecule has 32 heavy (non-hydrogen) atoms. The Kier molecular flexibility index (Phi) is 6.67. The van der Waals surface area contributed by atoms with Crippen LogP contribution in [-0.4, -0.2) is 27.0 Å². The number of halogens is 4. The van der Waals surface area contributed by atoms with Crippen molar-refractivity contribution in [1.29, 1.82) is 0 Å². The monoisotopic (exact) mass is 448 g/mol. The van der Waals surface area contributed by atoms with E-state index in [0.29, 0.717) is 11.1 Å². The summed E-state index contributed by atoms with van der Waals surface area (Å²) in [4.78, 5) is 30.4. The maximum Gasteiger partial charge on any atom is 0.434 e. The van der Waals surface area contributed by atoms with E-state index >= 15 is 0 Å². The average molecular weight is 448 g/mol. The smallest absolute Gasteiger partial charge is 0.434 e. The minimum absolute atomic E-state index is 0.118. The molecule has 0 radical (unpaired) electrons. The molecule has 1 amide bonds. The highest BCUT2D eigenvalue weighted by molar-refractivity contribution is 5.95. The molecule has 0 bridgehead atoms. The van der Waals surface area contributed by atoms with Crippen LogP contribution in [0.25, 0.3) is 0 Å². The van der Waals surface area contributed by atoms with Crippen molar-refractivity contribution in [3.8, 4) is 0 Å². The number of carboxylic acid groups (broad SMARTS) is 1. The summed E-state index contributed by atoms with van der Waals surface area (Å²) in [5.74, 6) is -3.00. The van der Waals surface area contributed by atoms with Crippen LogP contribution in [0.15, 0.2) is 54.7 Å². The van der Waals surface area contributed by atoms with Crippen LogP contribution >= 0.6 is 0 Å². The SMILES string of the molecule is O=C(O)Cc1cccc(Nc2ncc(C(=O)NCc3ccc(F)cc3)c(C(F)(F)F)n2)c1. The fourth-order valence-electron chi connectivity index (χ4n) is 2.77. The van der Waals surface area contributed by atoms with Crippen molar-refractivity contribution < 1.29 is 32.3 Å². The molecule has 0 fully saturated rings. The summed E-state index contributed by atoms with van der Waals surface area (Å²) < 4.78 is 53.6. The third-order valence-electron chi connectivity index (χ3n) is 4.21. The highest BCUT2D eigenvalue weighted by Crippen LogP contribution is 2.31. The van der Waals surface area contributed by atoms with E-state index < -0.39 is 41.1 Å². The molecule has 1 aromatic heterocycles. The average Bonchev–Trinajstić information content (AvgIpc) is 2.72. The van der Waals surface area contributed by atoms with Crippen molar-refractivity contribution in [3.05, 3.63) is 82.9 Å². The van der Waals surface area contributed by atoms with Gasteiger partial charge in [0.2, 0.25) is 5.95 Å². The number of carbonyl (C=O) groups excluding carboxylic acids is 1. The lowest BCUT2D eigenvalue weighted by Gasteiger charge is -2.14. The minimum Gasteiger partial charge on any atom is -0.481 e. The summed E-state index contributed by atoms with van der Waals surface area (Å²) in [5, 5.41) is 13.8. The van der Waals surface area contributed by atoms with Crippen LogP contribution in [0.4, 0.5) is 29.2 Å². The zero-order valence-corrected chi connectivity index (χ0v) is 16.3. The van der Waals surface area contributed by atoms with Crippen LogP contribution in [0.5, 0.6) is 0 Å². The number of anilines is 2. The van der Waals surface area contributed by atoms with Gasteiger partial charge in [-0.15, -0.1) is 0 Å². The van der Waals surface area contributed by atoms with E-state index in [1.54, 1.807) is 6.07 Å². The van der Waals surface area contributed by atoms with Crippen molar-refractivity contribution in [2.24, 2.45) is 0 Å². The first-order valence-electron chi connectivity index (χ1n) is 9.16. The first-order valence-corrected chi connectivity index (χ1v) is 9.16. The first-order chi connectivity index (χ1) is 15.1. The zero-order valence-electron chi connectivity index (χ0n) is 16.3. The molecule has 0 spiro atoms. The molecule has 2 aromatic carbocycles. The second-order valence-corrected chi connectivity index (χ2v) is 6.66. The zero-order chi connectivity index (χ0) is 23.3. The van der Waals surface area contributed by atoms with Gasteiger partial charge in [0.25, 0.3) is 5.91 Å². The molecule has 3 rings (SSSR count). The van der Waals surface area contributed by atoms with Crippen molar-refractivity contribution >= 4 is 23.5 Å². The van der Waals surface area contributed by atoms with Gasteiger partial charge in [-0.25, -0.2) is 14.4 Å². The summed E-state index contributed by atoms with van der Waals surface area (Å²) in [6.45, 7) is -0.118. The highest BCUT2D eigenvalue weighted by atomic mass is 19.4. The van der Waals surface area contributed by atoms with Gasteiger partial charge in [-0.05, 0) is 35.4 Å². The van der Waals surface area contributed by atoms with Gasteiger partial charge in [-0.1, -0.05) is 24.3 Å². The Morgan fingerprint density at radius 1 is 1.03 bits per heavy atom. The predicted molar refractivity (Wildman–Crippen MR) is 106 cm³/mol. The van der Waals surface area contributed by atoms with E-state index in [-0.39, 0.29) is 18.7 Å². The normalized spacial score (nSPS) is 11.1. The van der Waals surface area contributed by atoms with Crippen LogP contribution in [0.1, 0.15) is 27.2 Å². The number of carboxylic acids is 1. The lowest BCUT2D eigenvalue weighted by molar-refractivity contribution is -0.141. The lowest BCUT2D eigenvalue weighted by Crippen LogP contribution is -2.27. The molecular weight excluding hydrogens is 432 g/mol. The fraction of sp³-hybridized carbons (Fsp3) is 0.143. The fourth-order valence-corrected chi connectivity index (χ4v) is 2.77. The van der Waals surface area contributed by atoms with E-state index in [2.05, 4.69) is 20.6 Å². The predicted octanol–water partition coefficient (Wildman–Crippen LogP) is 3.94. The Morgan fingerprint density at radius 2 is 1.75 bits per heavy atom. The van der Waals surface area contributed by atoms with Gasteiger partial charge < -0.3 is 15.7 Å². The van der Waals surface area contributed by atoms with E-state index in [4.69, 9.17) is 5.11 Å². The molecular formula is C21H16F4N4O3. The summed E-state index contributed by atoms with van der Waals surface area (Å²) >= 11 is 0. The van der Waals surface area contributed by atoms with E-state index in [9.17, 15) is 27.2 Å². The number of alkyl halides is 3. The molecule has 0 aliphatic heterocycles. The van der Waals surface area contributed by atoms with Crippen molar-refractivity contribution in [2.75, 3.05) is 5.32 Å². The summed E-state index contributed by atoms with van der Waals surface area (Å²) in [6.07, 6.45) is -4.45. The molecule has 0 atom stereocenters. The molecule has 166 valence electrons. The number of hydrogen-bond donors (Lipinski definition) is 3. The Morgan fingerprint density at radius 3 is 2.41 bits per heavy atom. The maximum absolute atomic E-state index is 13.5. The van der Waals surface area contributed by atoms with Gasteiger partial charge in [0.15, 0.2) is 5.69 Å². The number of nitrogens with zero attached hydrogens (tertiary/aromatic N) is 2. The molecule has 11 heteroatoms. The molecule has 0 aliphatic rings. The second-order valence-electron chi connectivity index (χ2n) is 6.66. The molecule has 0 saturated heterocycles. The number of benzene rings is 2. The van der Waals surface area contributed by atoms with Gasteiger partial charge in [0, 0.05) is 18.4 Å². The molecule has 7 nitrogen and oxygen atoms in total. The van der Waals surface area contributed by atoms with Crippen LogP contribution in [-0.2, 0) is 23.9 Å². The van der Waals surface area contributed by atoms with Gasteiger partial charge in [-0.3, -0.25) is 9.59 Å². The number of aliphatic carboxylic acids is 1. The van der Waals surface area contributed by atoms with Crippen LogP contribution in [0.3, 0.4) is 0 Å². The molecule has 0 unspecified atom stereocenters. The molecule has 0 saturated carbocycles. The number of aromatic nitrogens is 2. The number of carbonyl (C=O) groups is 2. The van der Waals surface area contributed by atoms with Crippen molar-refractivity contribution in [2.45, 2.75) is 19.1 Å². The van der Waals surface area contributed by atoms with Crippen molar-refractivity contribution in [3.63, 3.8) is 0 Å². The number of hydrogen-bond acceptors (Lipinski definition) is 5. The third-order valence-corrected chi connectivity index (χ3v) is 4.21. The topological polar surface area (TPSA) is 104 Å². The van der Waals surface area contributed by atoms with Crippen LogP contribution in [0, 0.1) is 5.82 Å².